The van der Waals surface area contributed by atoms with E-state index in [4.69, 9.17) is 11.6 Å². The van der Waals surface area contributed by atoms with Crippen molar-refractivity contribution in [3.05, 3.63) is 94.5 Å². The van der Waals surface area contributed by atoms with Crippen LogP contribution in [-0.4, -0.2) is 48.1 Å². The highest BCUT2D eigenvalue weighted by Crippen LogP contribution is 2.32. The molecule has 3 aromatic rings. The summed E-state index contributed by atoms with van der Waals surface area (Å²) in [6, 6.07) is 23.7. The zero-order valence-electron chi connectivity index (χ0n) is 18.4. The van der Waals surface area contributed by atoms with Crippen molar-refractivity contribution in [3.63, 3.8) is 0 Å². The lowest BCUT2D eigenvalue weighted by Crippen LogP contribution is -2.48. The largest absolute Gasteiger partial charge is 0.478 e. The molecule has 1 heterocycles. The number of anilines is 2. The van der Waals surface area contributed by atoms with E-state index in [1.54, 1.807) is 12.1 Å². The first-order valence-corrected chi connectivity index (χ1v) is 11.2. The summed E-state index contributed by atoms with van der Waals surface area (Å²) in [5.41, 5.74) is 3.65. The lowest BCUT2D eigenvalue weighted by atomic mass is 9.96. The van der Waals surface area contributed by atoms with Gasteiger partial charge in [-0.15, -0.1) is 0 Å². The Morgan fingerprint density at radius 3 is 2.15 bits per heavy atom. The fourth-order valence-corrected chi connectivity index (χ4v) is 4.46. The summed E-state index contributed by atoms with van der Waals surface area (Å²) < 4.78 is 0. The first-order valence-electron chi connectivity index (χ1n) is 10.9. The van der Waals surface area contributed by atoms with Gasteiger partial charge in [0.05, 0.1) is 17.3 Å². The van der Waals surface area contributed by atoms with Crippen LogP contribution < -0.4 is 10.2 Å². The van der Waals surface area contributed by atoms with Crippen LogP contribution >= 0.6 is 11.6 Å². The van der Waals surface area contributed by atoms with Gasteiger partial charge >= 0.3 is 5.97 Å². The van der Waals surface area contributed by atoms with Crippen molar-refractivity contribution in [2.24, 2.45) is 0 Å². The Bertz CT molecular complexity index is 1130. The SMILES string of the molecule is CC(=O)Nc1ccc(N2CCN([C@@H](c3ccccc3)c3ccc(Cl)cc3)CC2)cc1C(=O)O. The van der Waals surface area contributed by atoms with Crippen LogP contribution in [0.2, 0.25) is 5.02 Å². The molecule has 6 nitrogen and oxygen atoms in total. The summed E-state index contributed by atoms with van der Waals surface area (Å²) >= 11 is 6.12. The smallest absolute Gasteiger partial charge is 0.337 e. The van der Waals surface area contributed by atoms with Gasteiger partial charge in [-0.2, -0.15) is 0 Å². The lowest BCUT2D eigenvalue weighted by molar-refractivity contribution is -0.114. The second-order valence-electron chi connectivity index (χ2n) is 8.10. The number of carbonyl (C=O) groups excluding carboxylic acids is 1. The standard InChI is InChI=1S/C26H26ClN3O3/c1-18(31)28-24-12-11-22(17-23(24)26(32)33)29-13-15-30(16-14-29)25(19-5-3-2-4-6-19)20-7-9-21(27)10-8-20/h2-12,17,25H,13-16H2,1H3,(H,28,31)(H,32,33)/t25-/m0/s1. The molecule has 0 spiro atoms. The molecule has 0 bridgehead atoms. The fraction of sp³-hybridized carbons (Fsp3) is 0.231. The predicted molar refractivity (Wildman–Crippen MR) is 131 cm³/mol. The third-order valence-corrected chi connectivity index (χ3v) is 6.14. The number of carboxylic acids is 1. The summed E-state index contributed by atoms with van der Waals surface area (Å²) in [6.07, 6.45) is 0. The fourth-order valence-electron chi connectivity index (χ4n) is 4.34. The summed E-state index contributed by atoms with van der Waals surface area (Å²) in [6.45, 7) is 4.52. The molecule has 0 aliphatic carbocycles. The van der Waals surface area contributed by atoms with Crippen LogP contribution in [0.1, 0.15) is 34.5 Å². The molecular weight excluding hydrogens is 438 g/mol. The van der Waals surface area contributed by atoms with Crippen LogP contribution in [0.5, 0.6) is 0 Å². The van der Waals surface area contributed by atoms with Gasteiger partial charge in [0.2, 0.25) is 5.91 Å². The number of nitrogens with zero attached hydrogens (tertiary/aromatic N) is 2. The van der Waals surface area contributed by atoms with Gasteiger partial charge in [0.25, 0.3) is 0 Å². The number of piperazine rings is 1. The average molecular weight is 464 g/mol. The van der Waals surface area contributed by atoms with Gasteiger partial charge in [-0.3, -0.25) is 9.69 Å². The average Bonchev–Trinajstić information content (AvgIpc) is 2.81. The quantitative estimate of drug-likeness (QED) is 0.543. The molecular formula is C26H26ClN3O3. The molecule has 7 heteroatoms. The summed E-state index contributed by atoms with van der Waals surface area (Å²) in [7, 11) is 0. The van der Waals surface area contributed by atoms with E-state index < -0.39 is 5.97 Å². The Morgan fingerprint density at radius 1 is 0.909 bits per heavy atom. The van der Waals surface area contributed by atoms with E-state index in [2.05, 4.69) is 51.5 Å². The Balaban J connectivity index is 1.54. The van der Waals surface area contributed by atoms with Crippen molar-refractivity contribution < 1.29 is 14.7 Å². The highest BCUT2D eigenvalue weighted by molar-refractivity contribution is 6.30. The molecule has 1 fully saturated rings. The highest BCUT2D eigenvalue weighted by Gasteiger charge is 2.27. The topological polar surface area (TPSA) is 72.9 Å². The number of hydrogen-bond donors (Lipinski definition) is 2. The van der Waals surface area contributed by atoms with Gasteiger partial charge in [0.1, 0.15) is 0 Å². The molecule has 0 aromatic heterocycles. The van der Waals surface area contributed by atoms with E-state index in [9.17, 15) is 14.7 Å². The van der Waals surface area contributed by atoms with Gasteiger partial charge in [0.15, 0.2) is 0 Å². The molecule has 33 heavy (non-hydrogen) atoms. The van der Waals surface area contributed by atoms with Crippen molar-refractivity contribution in [2.75, 3.05) is 36.4 Å². The molecule has 1 amide bonds. The molecule has 1 aliphatic rings. The summed E-state index contributed by atoms with van der Waals surface area (Å²) in [5.74, 6) is -1.36. The van der Waals surface area contributed by atoms with E-state index in [0.29, 0.717) is 10.7 Å². The van der Waals surface area contributed by atoms with Crippen LogP contribution in [0, 0.1) is 0 Å². The van der Waals surface area contributed by atoms with E-state index >= 15 is 0 Å². The minimum atomic E-state index is -1.06. The maximum Gasteiger partial charge on any atom is 0.337 e. The van der Waals surface area contributed by atoms with E-state index in [-0.39, 0.29) is 17.5 Å². The number of nitrogens with one attached hydrogen (secondary N) is 1. The van der Waals surface area contributed by atoms with E-state index in [1.165, 1.54) is 18.1 Å². The zero-order valence-corrected chi connectivity index (χ0v) is 19.1. The molecule has 170 valence electrons. The van der Waals surface area contributed by atoms with Crippen molar-refractivity contribution in [2.45, 2.75) is 13.0 Å². The summed E-state index contributed by atoms with van der Waals surface area (Å²) in [5, 5.41) is 12.9. The number of aromatic carboxylic acids is 1. The number of rotatable bonds is 6. The van der Waals surface area contributed by atoms with Crippen molar-refractivity contribution in [1.82, 2.24) is 4.90 Å². The molecule has 3 aromatic carbocycles. The first-order chi connectivity index (χ1) is 15.9. The van der Waals surface area contributed by atoms with E-state index in [1.807, 2.05) is 24.3 Å². The summed E-state index contributed by atoms with van der Waals surface area (Å²) in [4.78, 5) is 27.8. The molecule has 1 aliphatic heterocycles. The Labute approximate surface area is 198 Å². The second-order valence-corrected chi connectivity index (χ2v) is 8.54. The van der Waals surface area contributed by atoms with Crippen molar-refractivity contribution >= 4 is 34.9 Å². The lowest BCUT2D eigenvalue weighted by Gasteiger charge is -2.40. The van der Waals surface area contributed by atoms with Crippen LogP contribution in [-0.2, 0) is 4.79 Å². The second kappa shape index (κ2) is 10.1. The molecule has 0 saturated carbocycles. The Hall–Kier alpha value is -3.35. The van der Waals surface area contributed by atoms with Crippen molar-refractivity contribution in [3.8, 4) is 0 Å². The van der Waals surface area contributed by atoms with Crippen LogP contribution in [0.25, 0.3) is 0 Å². The van der Waals surface area contributed by atoms with Gasteiger partial charge in [-0.25, -0.2) is 4.79 Å². The monoisotopic (exact) mass is 463 g/mol. The number of benzene rings is 3. The van der Waals surface area contributed by atoms with Crippen LogP contribution in [0.4, 0.5) is 11.4 Å². The van der Waals surface area contributed by atoms with Gasteiger partial charge in [-0.05, 0) is 41.5 Å². The number of amides is 1. The van der Waals surface area contributed by atoms with Crippen LogP contribution in [0.3, 0.4) is 0 Å². The molecule has 1 saturated heterocycles. The number of carboxylic acid groups (broad SMARTS) is 1. The van der Waals surface area contributed by atoms with Crippen LogP contribution in [0.15, 0.2) is 72.8 Å². The number of halogens is 1. The normalized spacial score (nSPS) is 15.2. The van der Waals surface area contributed by atoms with Gasteiger partial charge in [-0.1, -0.05) is 54.1 Å². The molecule has 0 unspecified atom stereocenters. The maximum atomic E-state index is 11.7. The highest BCUT2D eigenvalue weighted by atomic mass is 35.5. The molecule has 0 radical (unpaired) electrons. The third-order valence-electron chi connectivity index (χ3n) is 5.89. The minimum Gasteiger partial charge on any atom is -0.478 e. The zero-order chi connectivity index (χ0) is 23.4. The Kier molecular flexibility index (Phi) is 6.96. The van der Waals surface area contributed by atoms with Crippen molar-refractivity contribution in [1.29, 1.82) is 0 Å². The molecule has 2 N–H and O–H groups in total. The maximum absolute atomic E-state index is 11.7. The molecule has 1 atom stereocenters. The predicted octanol–water partition coefficient (Wildman–Crippen LogP) is 4.91. The van der Waals surface area contributed by atoms with E-state index in [0.717, 1.165) is 31.9 Å². The minimum absolute atomic E-state index is 0.0912. The Morgan fingerprint density at radius 2 is 1.55 bits per heavy atom. The van der Waals surface area contributed by atoms with Gasteiger partial charge < -0.3 is 15.3 Å². The van der Waals surface area contributed by atoms with Gasteiger partial charge in [0, 0.05) is 43.8 Å². The molecule has 4 rings (SSSR count). The number of hydrogen-bond acceptors (Lipinski definition) is 4. The first kappa shape index (κ1) is 22.8. The number of carbonyl (C=O) groups is 2. The third kappa shape index (κ3) is 5.35.